The number of hydrogen-bond acceptors (Lipinski definition) is 2. The van der Waals surface area contributed by atoms with E-state index in [0.717, 1.165) is 19.3 Å². The fourth-order valence-corrected chi connectivity index (χ4v) is 2.27. The van der Waals surface area contributed by atoms with Gasteiger partial charge in [0.2, 0.25) is 5.91 Å². The van der Waals surface area contributed by atoms with E-state index in [4.69, 9.17) is 0 Å². The maximum atomic E-state index is 12.7. The minimum absolute atomic E-state index is 0.0821. The lowest BCUT2D eigenvalue weighted by Crippen LogP contribution is -2.52. The smallest absolute Gasteiger partial charge is 0.238 e. The summed E-state index contributed by atoms with van der Waals surface area (Å²) in [5.41, 5.74) is 0.794. The van der Waals surface area contributed by atoms with Crippen LogP contribution in [0.25, 0.3) is 0 Å². The normalized spacial score (nSPS) is 17.0. The van der Waals surface area contributed by atoms with Crippen molar-refractivity contribution < 1.29 is 9.18 Å². The van der Waals surface area contributed by atoms with Crippen molar-refractivity contribution in [2.45, 2.75) is 38.1 Å². The number of anilines is 1. The Morgan fingerprint density at radius 3 is 2.50 bits per heavy atom. The molecule has 0 bridgehead atoms. The van der Waals surface area contributed by atoms with Crippen molar-refractivity contribution in [2.24, 2.45) is 0 Å². The molecular formula is C14H19FN2O. The van der Waals surface area contributed by atoms with E-state index < -0.39 is 0 Å². The maximum Gasteiger partial charge on any atom is 0.238 e. The van der Waals surface area contributed by atoms with Gasteiger partial charge < -0.3 is 10.6 Å². The largest absolute Gasteiger partial charge is 0.325 e. The highest BCUT2D eigenvalue weighted by atomic mass is 19.1. The van der Waals surface area contributed by atoms with Crippen LogP contribution < -0.4 is 10.6 Å². The lowest BCUT2D eigenvalue weighted by Gasteiger charge is -2.42. The van der Waals surface area contributed by atoms with Gasteiger partial charge in [-0.3, -0.25) is 4.79 Å². The monoisotopic (exact) mass is 250 g/mol. The molecule has 0 spiro atoms. The molecule has 1 fully saturated rings. The Balaban J connectivity index is 1.80. The van der Waals surface area contributed by atoms with E-state index in [0.29, 0.717) is 12.2 Å². The predicted molar refractivity (Wildman–Crippen MR) is 69.9 cm³/mol. The third kappa shape index (κ3) is 3.07. The Labute approximate surface area is 107 Å². The molecule has 0 atom stereocenters. The second kappa shape index (κ2) is 5.48. The predicted octanol–water partition coefficient (Wildman–Crippen LogP) is 2.69. The van der Waals surface area contributed by atoms with E-state index in [1.165, 1.54) is 18.6 Å². The number of benzene rings is 1. The molecule has 98 valence electrons. The van der Waals surface area contributed by atoms with Crippen molar-refractivity contribution >= 4 is 11.6 Å². The average Bonchev–Trinajstić information content (AvgIpc) is 2.31. The summed E-state index contributed by atoms with van der Waals surface area (Å²) >= 11 is 0. The van der Waals surface area contributed by atoms with Gasteiger partial charge >= 0.3 is 0 Å². The molecule has 1 aliphatic rings. The molecule has 1 saturated carbocycles. The molecule has 2 N–H and O–H groups in total. The van der Waals surface area contributed by atoms with Crippen LogP contribution in [0.3, 0.4) is 0 Å². The molecular weight excluding hydrogens is 231 g/mol. The second-order valence-electron chi connectivity index (χ2n) is 4.90. The molecule has 3 nitrogen and oxygen atoms in total. The van der Waals surface area contributed by atoms with Crippen LogP contribution in [0.4, 0.5) is 10.1 Å². The summed E-state index contributed by atoms with van der Waals surface area (Å²) < 4.78 is 12.7. The molecule has 1 aromatic rings. The van der Waals surface area contributed by atoms with Crippen LogP contribution in [0, 0.1) is 5.82 Å². The van der Waals surface area contributed by atoms with Crippen LogP contribution in [0.1, 0.15) is 32.6 Å². The zero-order valence-corrected chi connectivity index (χ0v) is 10.6. The Bertz CT molecular complexity index is 407. The number of rotatable bonds is 5. The van der Waals surface area contributed by atoms with Crippen molar-refractivity contribution in [3.05, 3.63) is 30.1 Å². The molecule has 0 aromatic heterocycles. The third-order valence-corrected chi connectivity index (χ3v) is 3.74. The van der Waals surface area contributed by atoms with Gasteiger partial charge in [-0.25, -0.2) is 4.39 Å². The van der Waals surface area contributed by atoms with Gasteiger partial charge in [0.25, 0.3) is 0 Å². The summed E-state index contributed by atoms with van der Waals surface area (Å²) in [5.74, 6) is -0.383. The van der Waals surface area contributed by atoms with E-state index in [9.17, 15) is 9.18 Å². The molecule has 0 heterocycles. The summed E-state index contributed by atoms with van der Waals surface area (Å²) in [7, 11) is 0. The number of amides is 1. The molecule has 4 heteroatoms. The lowest BCUT2D eigenvalue weighted by molar-refractivity contribution is -0.116. The van der Waals surface area contributed by atoms with Crippen LogP contribution in [-0.2, 0) is 4.79 Å². The highest BCUT2D eigenvalue weighted by Gasteiger charge is 2.34. The number of carbonyl (C=O) groups excluding carboxylic acids is 1. The van der Waals surface area contributed by atoms with Gasteiger partial charge in [0.15, 0.2) is 0 Å². The summed E-state index contributed by atoms with van der Waals surface area (Å²) in [4.78, 5) is 11.7. The van der Waals surface area contributed by atoms with Crippen molar-refractivity contribution in [1.29, 1.82) is 0 Å². The highest BCUT2D eigenvalue weighted by Crippen LogP contribution is 2.34. The van der Waals surface area contributed by atoms with Gasteiger partial charge in [-0.15, -0.1) is 0 Å². The molecule has 0 unspecified atom stereocenters. The SMILES string of the molecule is CCC1(NCC(=O)Nc2ccc(F)cc2)CCC1. The molecule has 0 aliphatic heterocycles. The molecule has 1 amide bonds. The fourth-order valence-electron chi connectivity index (χ4n) is 2.27. The number of hydrogen-bond donors (Lipinski definition) is 2. The minimum Gasteiger partial charge on any atom is -0.325 e. The van der Waals surface area contributed by atoms with E-state index in [2.05, 4.69) is 17.6 Å². The van der Waals surface area contributed by atoms with Crippen LogP contribution in [-0.4, -0.2) is 18.0 Å². The molecule has 0 saturated heterocycles. The van der Waals surface area contributed by atoms with Gasteiger partial charge in [0.1, 0.15) is 5.82 Å². The van der Waals surface area contributed by atoms with Crippen LogP contribution in [0.15, 0.2) is 24.3 Å². The quantitative estimate of drug-likeness (QED) is 0.843. The van der Waals surface area contributed by atoms with Crippen molar-refractivity contribution in [3.8, 4) is 0 Å². The molecule has 0 radical (unpaired) electrons. The van der Waals surface area contributed by atoms with Crippen molar-refractivity contribution in [2.75, 3.05) is 11.9 Å². The lowest BCUT2D eigenvalue weighted by atomic mass is 9.75. The van der Waals surface area contributed by atoms with Gasteiger partial charge in [0, 0.05) is 11.2 Å². The number of halogens is 1. The van der Waals surface area contributed by atoms with E-state index >= 15 is 0 Å². The van der Waals surface area contributed by atoms with Crippen molar-refractivity contribution in [3.63, 3.8) is 0 Å². The summed E-state index contributed by atoms with van der Waals surface area (Å²) in [6.07, 6.45) is 4.58. The summed E-state index contributed by atoms with van der Waals surface area (Å²) in [6, 6.07) is 5.79. The van der Waals surface area contributed by atoms with E-state index in [1.807, 2.05) is 0 Å². The maximum absolute atomic E-state index is 12.7. The second-order valence-corrected chi connectivity index (χ2v) is 4.90. The molecule has 1 aromatic carbocycles. The Morgan fingerprint density at radius 1 is 1.33 bits per heavy atom. The first kappa shape index (κ1) is 13.0. The number of nitrogens with one attached hydrogen (secondary N) is 2. The number of carbonyl (C=O) groups is 1. The Hall–Kier alpha value is -1.42. The van der Waals surface area contributed by atoms with Crippen molar-refractivity contribution in [1.82, 2.24) is 5.32 Å². The zero-order valence-electron chi connectivity index (χ0n) is 10.6. The highest BCUT2D eigenvalue weighted by molar-refractivity contribution is 5.92. The first-order valence-electron chi connectivity index (χ1n) is 6.44. The van der Waals surface area contributed by atoms with Crippen LogP contribution in [0.2, 0.25) is 0 Å². The van der Waals surface area contributed by atoms with Gasteiger partial charge in [0.05, 0.1) is 6.54 Å². The average molecular weight is 250 g/mol. The van der Waals surface area contributed by atoms with Crippen LogP contribution >= 0.6 is 0 Å². The van der Waals surface area contributed by atoms with Gasteiger partial charge in [-0.2, -0.15) is 0 Å². The Kier molecular flexibility index (Phi) is 3.97. The first-order chi connectivity index (χ1) is 8.63. The fraction of sp³-hybridized carbons (Fsp3) is 0.500. The molecule has 1 aliphatic carbocycles. The van der Waals surface area contributed by atoms with Gasteiger partial charge in [-0.05, 0) is 49.9 Å². The third-order valence-electron chi connectivity index (χ3n) is 3.74. The zero-order chi connectivity index (χ0) is 13.0. The minimum atomic E-state index is -0.300. The topological polar surface area (TPSA) is 41.1 Å². The molecule has 18 heavy (non-hydrogen) atoms. The first-order valence-corrected chi connectivity index (χ1v) is 6.44. The van der Waals surface area contributed by atoms with Gasteiger partial charge in [-0.1, -0.05) is 6.92 Å². The Morgan fingerprint density at radius 2 is 2.00 bits per heavy atom. The summed E-state index contributed by atoms with van der Waals surface area (Å²) in [5, 5.41) is 6.07. The summed E-state index contributed by atoms with van der Waals surface area (Å²) in [6.45, 7) is 2.45. The van der Waals surface area contributed by atoms with E-state index in [-0.39, 0.29) is 17.3 Å². The van der Waals surface area contributed by atoms with Crippen LogP contribution in [0.5, 0.6) is 0 Å². The van der Waals surface area contributed by atoms with E-state index in [1.54, 1.807) is 12.1 Å². The molecule has 2 rings (SSSR count). The standard InChI is InChI=1S/C14H19FN2O/c1-2-14(8-3-9-14)16-10-13(18)17-12-6-4-11(15)5-7-12/h4-7,16H,2-3,8-10H2,1H3,(H,17,18).